The molecule has 0 radical (unpaired) electrons. The molecule has 0 aliphatic heterocycles. The lowest BCUT2D eigenvalue weighted by Crippen LogP contribution is -2.59. The molecule has 6 nitrogen and oxygen atoms in total. The zero-order valence-electron chi connectivity index (χ0n) is 16.8. The fourth-order valence-electron chi connectivity index (χ4n) is 2.65. The van der Waals surface area contributed by atoms with E-state index >= 15 is 0 Å². The van der Waals surface area contributed by atoms with Crippen LogP contribution < -0.4 is 5.32 Å². The van der Waals surface area contributed by atoms with Crippen LogP contribution in [0.3, 0.4) is 0 Å². The van der Waals surface area contributed by atoms with Crippen molar-refractivity contribution in [3.63, 3.8) is 0 Å². The normalized spacial score (nSPS) is 13.2. The van der Waals surface area contributed by atoms with Gasteiger partial charge in [-0.1, -0.05) is 42.5 Å². The molecule has 0 aliphatic rings. The predicted octanol–water partition coefficient (Wildman–Crippen LogP) is 3.91. The van der Waals surface area contributed by atoms with Crippen LogP contribution in [0.5, 0.6) is 5.75 Å². The fourth-order valence-corrected chi connectivity index (χ4v) is 2.65. The lowest BCUT2D eigenvalue weighted by Gasteiger charge is -2.33. The molecule has 2 aromatic rings. The third-order valence-electron chi connectivity index (χ3n) is 3.99. The largest absolute Gasteiger partial charge is 0.508 e. The lowest BCUT2D eigenvalue weighted by molar-refractivity contribution is -0.163. The van der Waals surface area contributed by atoms with Gasteiger partial charge in [0.15, 0.2) is 5.54 Å². The minimum atomic E-state index is -1.99. The Hall–Kier alpha value is -3.09. The first kappa shape index (κ1) is 22.2. The van der Waals surface area contributed by atoms with Gasteiger partial charge < -0.3 is 19.9 Å². The average molecular weight is 403 g/mol. The highest BCUT2D eigenvalue weighted by atomic mass is 19.1. The fraction of sp³-hybridized carbons (Fsp3) is 0.364. The maximum atomic E-state index is 14.2. The van der Waals surface area contributed by atoms with Gasteiger partial charge in [-0.05, 0) is 44.0 Å². The summed E-state index contributed by atoms with van der Waals surface area (Å²) in [4.78, 5) is 25.2. The Morgan fingerprint density at radius 2 is 1.69 bits per heavy atom. The number of hydrogen-bond acceptors (Lipinski definition) is 5. The molecule has 0 aliphatic carbocycles. The number of amides is 1. The number of benzene rings is 2. The van der Waals surface area contributed by atoms with Gasteiger partial charge in [-0.25, -0.2) is 14.0 Å². The van der Waals surface area contributed by atoms with Gasteiger partial charge in [0.05, 0.1) is 0 Å². The lowest BCUT2D eigenvalue weighted by atomic mass is 9.91. The molecule has 0 fully saturated rings. The topological polar surface area (TPSA) is 84.9 Å². The number of alkyl halides is 1. The maximum Gasteiger partial charge on any atom is 0.408 e. The van der Waals surface area contributed by atoms with Gasteiger partial charge in [0.1, 0.15) is 24.6 Å². The molecular formula is C22H26FNO5. The second-order valence-corrected chi connectivity index (χ2v) is 7.75. The predicted molar refractivity (Wildman–Crippen MR) is 106 cm³/mol. The van der Waals surface area contributed by atoms with Crippen molar-refractivity contribution in [1.82, 2.24) is 5.32 Å². The summed E-state index contributed by atoms with van der Waals surface area (Å²) in [6.07, 6.45) is -1.16. The minimum Gasteiger partial charge on any atom is -0.508 e. The number of esters is 1. The summed E-state index contributed by atoms with van der Waals surface area (Å²) in [5, 5.41) is 12.0. The number of aromatic hydroxyl groups is 1. The van der Waals surface area contributed by atoms with Crippen molar-refractivity contribution >= 4 is 12.1 Å². The number of rotatable bonds is 7. The SMILES string of the molecule is CC(C)(C)OC(=O)C(CF)(Cc1cccc(O)c1)NC(=O)OCc1ccccc1. The van der Waals surface area contributed by atoms with Gasteiger partial charge in [0.25, 0.3) is 0 Å². The van der Waals surface area contributed by atoms with Gasteiger partial charge in [-0.2, -0.15) is 0 Å². The Balaban J connectivity index is 2.22. The van der Waals surface area contributed by atoms with E-state index in [0.29, 0.717) is 5.56 Å². The molecule has 1 atom stereocenters. The van der Waals surface area contributed by atoms with Crippen molar-refractivity contribution in [3.8, 4) is 5.75 Å². The molecule has 1 unspecified atom stereocenters. The highest BCUT2D eigenvalue weighted by Gasteiger charge is 2.44. The van der Waals surface area contributed by atoms with Crippen LogP contribution in [0.1, 0.15) is 31.9 Å². The molecule has 0 heterocycles. The van der Waals surface area contributed by atoms with Crippen molar-refractivity contribution < 1.29 is 28.6 Å². The summed E-state index contributed by atoms with van der Waals surface area (Å²) < 4.78 is 24.7. The van der Waals surface area contributed by atoms with E-state index in [1.54, 1.807) is 57.2 Å². The van der Waals surface area contributed by atoms with E-state index < -0.39 is 29.9 Å². The number of alkyl carbamates (subject to hydrolysis) is 1. The third-order valence-corrected chi connectivity index (χ3v) is 3.99. The molecule has 1 amide bonds. The van der Waals surface area contributed by atoms with E-state index in [-0.39, 0.29) is 18.8 Å². The van der Waals surface area contributed by atoms with E-state index in [1.807, 2.05) is 6.07 Å². The van der Waals surface area contributed by atoms with E-state index in [2.05, 4.69) is 5.32 Å². The Morgan fingerprint density at radius 3 is 2.28 bits per heavy atom. The third kappa shape index (κ3) is 6.78. The first-order valence-corrected chi connectivity index (χ1v) is 9.20. The van der Waals surface area contributed by atoms with Crippen molar-refractivity contribution in [2.24, 2.45) is 0 Å². The van der Waals surface area contributed by atoms with Gasteiger partial charge in [-0.15, -0.1) is 0 Å². The number of phenolic OH excluding ortho intramolecular Hbond substituents is 1. The zero-order chi connectivity index (χ0) is 21.5. The number of hydrogen-bond donors (Lipinski definition) is 2. The standard InChI is InChI=1S/C22H26FNO5/c1-21(2,3)29-19(26)22(15-23,13-17-10-7-11-18(25)12-17)24-20(27)28-14-16-8-5-4-6-9-16/h4-12,25H,13-15H2,1-3H3,(H,24,27). The monoisotopic (exact) mass is 403 g/mol. The molecule has 2 N–H and O–H groups in total. The molecule has 0 aromatic heterocycles. The highest BCUT2D eigenvalue weighted by molar-refractivity contribution is 5.86. The maximum absolute atomic E-state index is 14.2. The second kappa shape index (κ2) is 9.41. The molecule has 2 rings (SSSR count). The van der Waals surface area contributed by atoms with Crippen molar-refractivity contribution in [2.75, 3.05) is 6.67 Å². The molecule has 2 aromatic carbocycles. The summed E-state index contributed by atoms with van der Waals surface area (Å²) in [5.41, 5.74) is -1.67. The van der Waals surface area contributed by atoms with Crippen LogP contribution >= 0.6 is 0 Å². The number of carbonyl (C=O) groups is 2. The smallest absolute Gasteiger partial charge is 0.408 e. The van der Waals surface area contributed by atoms with Crippen LogP contribution in [0.4, 0.5) is 9.18 Å². The summed E-state index contributed by atoms with van der Waals surface area (Å²) in [6, 6.07) is 15.0. The van der Waals surface area contributed by atoms with Crippen LogP contribution in [0.2, 0.25) is 0 Å². The van der Waals surface area contributed by atoms with E-state index in [1.165, 1.54) is 12.1 Å². The Bertz CT molecular complexity index is 835. The van der Waals surface area contributed by atoms with E-state index in [4.69, 9.17) is 9.47 Å². The number of phenols is 1. The number of ether oxygens (including phenoxy) is 2. The molecule has 0 spiro atoms. The Morgan fingerprint density at radius 1 is 1.03 bits per heavy atom. The molecule has 0 bridgehead atoms. The van der Waals surface area contributed by atoms with Crippen molar-refractivity contribution in [2.45, 2.75) is 44.9 Å². The number of carbonyl (C=O) groups excluding carboxylic acids is 2. The van der Waals surface area contributed by atoms with Gasteiger partial charge in [0, 0.05) is 6.42 Å². The van der Waals surface area contributed by atoms with Crippen molar-refractivity contribution in [1.29, 1.82) is 0 Å². The van der Waals surface area contributed by atoms with Crippen LogP contribution in [0, 0.1) is 0 Å². The summed E-state index contributed by atoms with van der Waals surface area (Å²) in [7, 11) is 0. The molecule has 156 valence electrons. The second-order valence-electron chi connectivity index (χ2n) is 7.75. The zero-order valence-corrected chi connectivity index (χ0v) is 16.8. The van der Waals surface area contributed by atoms with Crippen LogP contribution in [0.15, 0.2) is 54.6 Å². The first-order valence-electron chi connectivity index (χ1n) is 9.20. The highest BCUT2D eigenvalue weighted by Crippen LogP contribution is 2.23. The minimum absolute atomic E-state index is 0.0323. The Labute approximate surface area is 169 Å². The average Bonchev–Trinajstić information content (AvgIpc) is 2.65. The van der Waals surface area contributed by atoms with Crippen LogP contribution in [-0.2, 0) is 27.3 Å². The summed E-state index contributed by atoms with van der Waals surface area (Å²) >= 11 is 0. The summed E-state index contributed by atoms with van der Waals surface area (Å²) in [5.74, 6) is -0.960. The number of halogens is 1. The first-order chi connectivity index (χ1) is 13.6. The van der Waals surface area contributed by atoms with Gasteiger partial charge >= 0.3 is 12.1 Å². The quantitative estimate of drug-likeness (QED) is 0.685. The molecule has 29 heavy (non-hydrogen) atoms. The van der Waals surface area contributed by atoms with Crippen molar-refractivity contribution in [3.05, 3.63) is 65.7 Å². The summed E-state index contributed by atoms with van der Waals surface area (Å²) in [6.45, 7) is 3.70. The van der Waals surface area contributed by atoms with Crippen LogP contribution in [-0.4, -0.2) is 35.0 Å². The van der Waals surface area contributed by atoms with Gasteiger partial charge in [0.2, 0.25) is 0 Å². The molecule has 7 heteroatoms. The number of nitrogens with one attached hydrogen (secondary N) is 1. The molecular weight excluding hydrogens is 377 g/mol. The van der Waals surface area contributed by atoms with E-state index in [0.717, 1.165) is 5.56 Å². The van der Waals surface area contributed by atoms with Gasteiger partial charge in [-0.3, -0.25) is 0 Å². The van der Waals surface area contributed by atoms with Crippen LogP contribution in [0.25, 0.3) is 0 Å². The molecule has 0 saturated carbocycles. The Kier molecular flexibility index (Phi) is 7.20. The van der Waals surface area contributed by atoms with E-state index in [9.17, 15) is 19.1 Å². The molecule has 0 saturated heterocycles.